The lowest BCUT2D eigenvalue weighted by atomic mass is 10.0. The molecule has 0 aliphatic heterocycles. The summed E-state index contributed by atoms with van der Waals surface area (Å²) < 4.78 is 10.6. The summed E-state index contributed by atoms with van der Waals surface area (Å²) in [6, 6.07) is 10.9. The molecule has 5 nitrogen and oxygen atoms in total. The lowest BCUT2D eigenvalue weighted by Gasteiger charge is -2.20. The molecule has 1 heterocycles. The number of hydrogen-bond donors (Lipinski definition) is 2. The van der Waals surface area contributed by atoms with Crippen LogP contribution in [0.2, 0.25) is 0 Å². The standard InChI is InChI=1S/C18H21NO4/c1-13-8-10-16(23-13)18(2,21)12-19-17(20)11-9-14-6-4-5-7-15(14)22-3/h4-11,21H,12H2,1-3H3,(H,19,20). The third-order valence-corrected chi connectivity index (χ3v) is 3.43. The van der Waals surface area contributed by atoms with Gasteiger partial charge in [0.05, 0.1) is 13.7 Å². The molecule has 122 valence electrons. The predicted octanol–water partition coefficient (Wildman–Crippen LogP) is 2.63. The zero-order valence-corrected chi connectivity index (χ0v) is 13.5. The van der Waals surface area contributed by atoms with Gasteiger partial charge >= 0.3 is 0 Å². The highest BCUT2D eigenvalue weighted by atomic mass is 16.5. The van der Waals surface area contributed by atoms with Crippen LogP contribution in [0.5, 0.6) is 5.75 Å². The van der Waals surface area contributed by atoms with Gasteiger partial charge in [-0.1, -0.05) is 18.2 Å². The van der Waals surface area contributed by atoms with Crippen molar-refractivity contribution < 1.29 is 19.1 Å². The van der Waals surface area contributed by atoms with Gasteiger partial charge in [-0.25, -0.2) is 0 Å². The molecule has 0 saturated carbocycles. The molecule has 0 aliphatic carbocycles. The molecular formula is C18H21NO4. The molecule has 0 spiro atoms. The fourth-order valence-corrected chi connectivity index (χ4v) is 2.10. The first kappa shape index (κ1) is 16.8. The first-order valence-corrected chi connectivity index (χ1v) is 7.30. The third kappa shape index (κ3) is 4.47. The summed E-state index contributed by atoms with van der Waals surface area (Å²) in [5, 5.41) is 13.0. The number of methoxy groups -OCH3 is 1. The second-order valence-electron chi connectivity index (χ2n) is 5.48. The van der Waals surface area contributed by atoms with Crippen LogP contribution in [0.4, 0.5) is 0 Å². The van der Waals surface area contributed by atoms with Gasteiger partial charge in [-0.15, -0.1) is 0 Å². The molecule has 0 radical (unpaired) electrons. The van der Waals surface area contributed by atoms with Crippen LogP contribution < -0.4 is 10.1 Å². The maximum Gasteiger partial charge on any atom is 0.244 e. The molecule has 0 aliphatic rings. The van der Waals surface area contributed by atoms with Gasteiger partial charge in [0.15, 0.2) is 0 Å². The van der Waals surface area contributed by atoms with E-state index in [1.807, 2.05) is 24.3 Å². The maximum absolute atomic E-state index is 11.9. The molecule has 1 amide bonds. The highest BCUT2D eigenvalue weighted by molar-refractivity contribution is 5.92. The minimum atomic E-state index is -1.26. The second kappa shape index (κ2) is 7.15. The molecule has 0 fully saturated rings. The first-order chi connectivity index (χ1) is 10.9. The lowest BCUT2D eigenvalue weighted by Crippen LogP contribution is -2.37. The summed E-state index contributed by atoms with van der Waals surface area (Å²) in [7, 11) is 1.58. The van der Waals surface area contributed by atoms with E-state index in [2.05, 4.69) is 5.32 Å². The van der Waals surface area contributed by atoms with E-state index < -0.39 is 5.60 Å². The van der Waals surface area contributed by atoms with Crippen LogP contribution >= 0.6 is 0 Å². The lowest BCUT2D eigenvalue weighted by molar-refractivity contribution is -0.117. The van der Waals surface area contributed by atoms with E-state index >= 15 is 0 Å². The Labute approximate surface area is 135 Å². The zero-order valence-electron chi connectivity index (χ0n) is 13.5. The first-order valence-electron chi connectivity index (χ1n) is 7.30. The molecule has 2 aromatic rings. The third-order valence-electron chi connectivity index (χ3n) is 3.43. The van der Waals surface area contributed by atoms with E-state index in [4.69, 9.17) is 9.15 Å². The van der Waals surface area contributed by atoms with Gasteiger partial charge in [-0.2, -0.15) is 0 Å². The number of aryl methyl sites for hydroxylation is 1. The van der Waals surface area contributed by atoms with Gasteiger partial charge in [-0.3, -0.25) is 4.79 Å². The normalized spacial score (nSPS) is 13.7. The fraction of sp³-hybridized carbons (Fsp3) is 0.278. The van der Waals surface area contributed by atoms with E-state index in [9.17, 15) is 9.90 Å². The summed E-state index contributed by atoms with van der Waals surface area (Å²) >= 11 is 0. The van der Waals surface area contributed by atoms with Crippen LogP contribution in [0, 0.1) is 6.92 Å². The largest absolute Gasteiger partial charge is 0.496 e. The molecule has 2 rings (SSSR count). The van der Waals surface area contributed by atoms with Crippen molar-refractivity contribution in [3.05, 3.63) is 59.6 Å². The molecule has 0 saturated heterocycles. The van der Waals surface area contributed by atoms with Crippen LogP contribution in [0.15, 0.2) is 46.9 Å². The van der Waals surface area contributed by atoms with Crippen LogP contribution in [-0.4, -0.2) is 24.7 Å². The van der Waals surface area contributed by atoms with Crippen molar-refractivity contribution in [3.63, 3.8) is 0 Å². The van der Waals surface area contributed by atoms with E-state index in [0.717, 1.165) is 5.56 Å². The Balaban J connectivity index is 1.96. The van der Waals surface area contributed by atoms with Crippen molar-refractivity contribution in [1.29, 1.82) is 0 Å². The highest BCUT2D eigenvalue weighted by Crippen LogP contribution is 2.22. The quantitative estimate of drug-likeness (QED) is 0.804. The molecule has 1 atom stereocenters. The maximum atomic E-state index is 11.9. The molecule has 2 N–H and O–H groups in total. The number of furan rings is 1. The highest BCUT2D eigenvalue weighted by Gasteiger charge is 2.27. The van der Waals surface area contributed by atoms with Crippen molar-refractivity contribution in [3.8, 4) is 5.75 Å². The average molecular weight is 315 g/mol. The predicted molar refractivity (Wildman–Crippen MR) is 88.1 cm³/mol. The van der Waals surface area contributed by atoms with E-state index in [1.165, 1.54) is 6.08 Å². The van der Waals surface area contributed by atoms with E-state index in [1.54, 1.807) is 39.2 Å². The van der Waals surface area contributed by atoms with Crippen LogP contribution in [0.1, 0.15) is 24.0 Å². The van der Waals surface area contributed by atoms with E-state index in [0.29, 0.717) is 17.3 Å². The molecule has 1 aromatic heterocycles. The Kier molecular flexibility index (Phi) is 5.24. The van der Waals surface area contributed by atoms with Gasteiger partial charge in [0.2, 0.25) is 5.91 Å². The average Bonchev–Trinajstić information content (AvgIpc) is 2.98. The molecule has 0 bridgehead atoms. The molecule has 1 aromatic carbocycles. The van der Waals surface area contributed by atoms with Gasteiger partial charge in [0.25, 0.3) is 0 Å². The number of carbonyl (C=O) groups excluding carboxylic acids is 1. The number of aliphatic hydroxyl groups is 1. The second-order valence-corrected chi connectivity index (χ2v) is 5.48. The number of ether oxygens (including phenoxy) is 1. The Morgan fingerprint density at radius 1 is 1.35 bits per heavy atom. The number of amides is 1. The summed E-state index contributed by atoms with van der Waals surface area (Å²) in [4.78, 5) is 11.9. The molecule has 5 heteroatoms. The Morgan fingerprint density at radius 2 is 2.09 bits per heavy atom. The Bertz CT molecular complexity index is 701. The van der Waals surface area contributed by atoms with Gasteiger partial charge in [0, 0.05) is 11.6 Å². The van der Waals surface area contributed by atoms with Crippen molar-refractivity contribution in [2.75, 3.05) is 13.7 Å². The van der Waals surface area contributed by atoms with Crippen LogP contribution in [-0.2, 0) is 10.4 Å². The fourth-order valence-electron chi connectivity index (χ4n) is 2.10. The molecule has 1 unspecified atom stereocenters. The SMILES string of the molecule is COc1ccccc1C=CC(=O)NCC(C)(O)c1ccc(C)o1. The number of para-hydroxylation sites is 1. The van der Waals surface area contributed by atoms with Crippen molar-refractivity contribution in [2.24, 2.45) is 0 Å². The number of benzene rings is 1. The zero-order chi connectivity index (χ0) is 16.9. The Morgan fingerprint density at radius 3 is 2.74 bits per heavy atom. The number of rotatable bonds is 6. The molecular weight excluding hydrogens is 294 g/mol. The minimum Gasteiger partial charge on any atom is -0.496 e. The summed E-state index contributed by atoms with van der Waals surface area (Å²) in [6.07, 6.45) is 3.07. The topological polar surface area (TPSA) is 71.7 Å². The number of hydrogen-bond acceptors (Lipinski definition) is 4. The van der Waals surface area contributed by atoms with Crippen molar-refractivity contribution in [2.45, 2.75) is 19.4 Å². The van der Waals surface area contributed by atoms with Gasteiger partial charge in [-0.05, 0) is 38.1 Å². The summed E-state index contributed by atoms with van der Waals surface area (Å²) in [6.45, 7) is 3.44. The van der Waals surface area contributed by atoms with Gasteiger partial charge < -0.3 is 19.6 Å². The van der Waals surface area contributed by atoms with Crippen molar-refractivity contribution >= 4 is 12.0 Å². The number of nitrogens with one attached hydrogen (secondary N) is 1. The smallest absolute Gasteiger partial charge is 0.244 e. The summed E-state index contributed by atoms with van der Waals surface area (Å²) in [5.74, 6) is 1.51. The van der Waals surface area contributed by atoms with Crippen LogP contribution in [0.3, 0.4) is 0 Å². The monoisotopic (exact) mass is 315 g/mol. The van der Waals surface area contributed by atoms with Crippen LogP contribution in [0.25, 0.3) is 6.08 Å². The summed E-state index contributed by atoms with van der Waals surface area (Å²) in [5.41, 5.74) is -0.457. The minimum absolute atomic E-state index is 0.0506. The number of carbonyl (C=O) groups is 1. The molecule has 23 heavy (non-hydrogen) atoms. The van der Waals surface area contributed by atoms with E-state index in [-0.39, 0.29) is 12.5 Å². The Hall–Kier alpha value is -2.53. The van der Waals surface area contributed by atoms with Gasteiger partial charge in [0.1, 0.15) is 22.9 Å². The van der Waals surface area contributed by atoms with Crippen molar-refractivity contribution in [1.82, 2.24) is 5.32 Å².